The second-order valence-corrected chi connectivity index (χ2v) is 5.57. The van der Waals surface area contributed by atoms with Crippen LogP contribution in [0.25, 0.3) is 16.9 Å². The van der Waals surface area contributed by atoms with Gasteiger partial charge in [-0.15, -0.1) is 0 Å². The molecule has 114 valence electrons. The summed E-state index contributed by atoms with van der Waals surface area (Å²) in [5, 5.41) is 10.3. The fourth-order valence-corrected chi connectivity index (χ4v) is 2.64. The summed E-state index contributed by atoms with van der Waals surface area (Å²) in [4.78, 5) is 4.64. The molecule has 0 aliphatic heterocycles. The minimum Gasteiger partial charge on any atom is -0.378 e. The van der Waals surface area contributed by atoms with Gasteiger partial charge in [0.05, 0.1) is 17.9 Å². The summed E-state index contributed by atoms with van der Waals surface area (Å²) in [7, 11) is 0. The zero-order chi connectivity index (χ0) is 15.6. The van der Waals surface area contributed by atoms with Crippen LogP contribution in [0.2, 0.25) is 0 Å². The number of anilines is 1. The monoisotopic (exact) mass is 303 g/mol. The average molecular weight is 303 g/mol. The number of pyridine rings is 1. The number of hydrogen-bond donors (Lipinski definition) is 2. The van der Waals surface area contributed by atoms with Crippen molar-refractivity contribution in [2.24, 2.45) is 0 Å². The van der Waals surface area contributed by atoms with Crippen molar-refractivity contribution in [2.45, 2.75) is 13.0 Å². The molecule has 0 bridgehead atoms. The summed E-state index contributed by atoms with van der Waals surface area (Å²) in [5.74, 6) is 0. The quantitative estimate of drug-likeness (QED) is 0.601. The lowest BCUT2D eigenvalue weighted by Crippen LogP contribution is -2.05. The zero-order valence-corrected chi connectivity index (χ0v) is 12.8. The molecule has 0 amide bonds. The highest BCUT2D eigenvalue weighted by Crippen LogP contribution is 2.23. The predicted molar refractivity (Wildman–Crippen MR) is 91.3 cm³/mol. The van der Waals surface area contributed by atoms with E-state index in [0.717, 1.165) is 28.2 Å². The van der Waals surface area contributed by atoms with Crippen LogP contribution in [0.5, 0.6) is 0 Å². The molecule has 3 aromatic heterocycles. The molecule has 0 fully saturated rings. The zero-order valence-electron chi connectivity index (χ0n) is 12.8. The number of aromatic nitrogens is 4. The van der Waals surface area contributed by atoms with Gasteiger partial charge in [0.25, 0.3) is 0 Å². The van der Waals surface area contributed by atoms with Crippen LogP contribution in [0.1, 0.15) is 18.5 Å². The molecule has 3 heterocycles. The smallest absolute Gasteiger partial charge is 0.137 e. The van der Waals surface area contributed by atoms with Crippen molar-refractivity contribution in [1.29, 1.82) is 0 Å². The molecule has 0 aliphatic carbocycles. The third-order valence-electron chi connectivity index (χ3n) is 3.95. The molecule has 5 heteroatoms. The number of nitrogens with zero attached hydrogens (tertiary/aromatic N) is 3. The highest BCUT2D eigenvalue weighted by atomic mass is 15.1. The third kappa shape index (κ3) is 2.68. The predicted octanol–water partition coefficient (Wildman–Crippen LogP) is 3.90. The molecule has 2 N–H and O–H groups in total. The van der Waals surface area contributed by atoms with E-state index >= 15 is 0 Å². The van der Waals surface area contributed by atoms with Crippen LogP contribution < -0.4 is 5.32 Å². The van der Waals surface area contributed by atoms with Crippen molar-refractivity contribution in [2.75, 3.05) is 5.32 Å². The Balaban J connectivity index is 1.55. The van der Waals surface area contributed by atoms with Crippen LogP contribution in [-0.2, 0) is 0 Å². The topological polar surface area (TPSA) is 58.0 Å². The molecule has 1 unspecified atom stereocenters. The van der Waals surface area contributed by atoms with Crippen LogP contribution in [0.3, 0.4) is 0 Å². The Morgan fingerprint density at radius 1 is 1.13 bits per heavy atom. The largest absolute Gasteiger partial charge is 0.378 e. The van der Waals surface area contributed by atoms with Crippen LogP contribution >= 0.6 is 0 Å². The van der Waals surface area contributed by atoms with Gasteiger partial charge in [0.15, 0.2) is 0 Å². The number of fused-ring (bicyclic) bond motifs is 1. The molecule has 1 aromatic carbocycles. The van der Waals surface area contributed by atoms with Gasteiger partial charge in [0, 0.05) is 35.4 Å². The SMILES string of the molecule is CC(Nc1ccc(-c2cn3ccccc3n2)cc1)c1cn[nH]c1. The lowest BCUT2D eigenvalue weighted by molar-refractivity contribution is 0.886. The summed E-state index contributed by atoms with van der Waals surface area (Å²) >= 11 is 0. The standard InChI is InChI=1S/C18H17N5/c1-13(15-10-19-20-11-15)21-16-7-5-14(6-8-16)17-12-23-9-3-2-4-18(23)22-17/h2-13,21H,1H3,(H,19,20). The first-order valence-electron chi connectivity index (χ1n) is 7.59. The van der Waals surface area contributed by atoms with E-state index < -0.39 is 0 Å². The van der Waals surface area contributed by atoms with Gasteiger partial charge < -0.3 is 9.72 Å². The van der Waals surface area contributed by atoms with Crippen molar-refractivity contribution in [1.82, 2.24) is 19.6 Å². The highest BCUT2D eigenvalue weighted by Gasteiger charge is 2.07. The van der Waals surface area contributed by atoms with Gasteiger partial charge in [0.1, 0.15) is 5.65 Å². The maximum absolute atomic E-state index is 4.64. The third-order valence-corrected chi connectivity index (χ3v) is 3.95. The Hall–Kier alpha value is -3.08. The summed E-state index contributed by atoms with van der Waals surface area (Å²) in [6, 6.07) is 14.5. The lowest BCUT2D eigenvalue weighted by atomic mass is 10.1. The minimum absolute atomic E-state index is 0.204. The molecular weight excluding hydrogens is 286 g/mol. The van der Waals surface area contributed by atoms with Crippen molar-refractivity contribution in [3.8, 4) is 11.3 Å². The number of aromatic amines is 1. The van der Waals surface area contributed by atoms with Crippen LogP contribution in [0, 0.1) is 0 Å². The van der Waals surface area contributed by atoms with Gasteiger partial charge in [-0.1, -0.05) is 18.2 Å². The molecule has 0 saturated carbocycles. The maximum atomic E-state index is 4.64. The highest BCUT2D eigenvalue weighted by molar-refractivity contribution is 5.65. The van der Waals surface area contributed by atoms with Crippen molar-refractivity contribution < 1.29 is 0 Å². The number of H-pyrrole nitrogens is 1. The van der Waals surface area contributed by atoms with Gasteiger partial charge >= 0.3 is 0 Å². The van der Waals surface area contributed by atoms with Gasteiger partial charge in [-0.05, 0) is 31.2 Å². The normalized spacial score (nSPS) is 12.4. The van der Waals surface area contributed by atoms with E-state index in [9.17, 15) is 0 Å². The Morgan fingerprint density at radius 3 is 2.74 bits per heavy atom. The summed E-state index contributed by atoms with van der Waals surface area (Å²) in [5.41, 5.74) is 5.25. The molecule has 0 aliphatic rings. The number of rotatable bonds is 4. The fourth-order valence-electron chi connectivity index (χ4n) is 2.64. The van der Waals surface area contributed by atoms with Crippen molar-refractivity contribution in [3.63, 3.8) is 0 Å². The molecule has 0 saturated heterocycles. The second-order valence-electron chi connectivity index (χ2n) is 5.57. The van der Waals surface area contributed by atoms with Crippen LogP contribution in [0.4, 0.5) is 5.69 Å². The van der Waals surface area contributed by atoms with E-state index in [4.69, 9.17) is 0 Å². The number of hydrogen-bond acceptors (Lipinski definition) is 3. The summed E-state index contributed by atoms with van der Waals surface area (Å²) in [6.45, 7) is 2.11. The van der Waals surface area contributed by atoms with Crippen LogP contribution in [-0.4, -0.2) is 19.6 Å². The average Bonchev–Trinajstić information content (AvgIpc) is 3.25. The summed E-state index contributed by atoms with van der Waals surface area (Å²) in [6.07, 6.45) is 7.80. The van der Waals surface area contributed by atoms with Crippen molar-refractivity contribution in [3.05, 3.63) is 72.8 Å². The number of benzene rings is 1. The molecule has 23 heavy (non-hydrogen) atoms. The van der Waals surface area contributed by atoms with Crippen LogP contribution in [0.15, 0.2) is 67.3 Å². The molecule has 4 aromatic rings. The van der Waals surface area contributed by atoms with Crippen molar-refractivity contribution >= 4 is 11.3 Å². The first-order chi connectivity index (χ1) is 11.3. The number of nitrogens with one attached hydrogen (secondary N) is 2. The summed E-state index contributed by atoms with van der Waals surface area (Å²) < 4.78 is 2.03. The molecule has 1 atom stereocenters. The maximum Gasteiger partial charge on any atom is 0.137 e. The van der Waals surface area contributed by atoms with E-state index in [-0.39, 0.29) is 6.04 Å². The second kappa shape index (κ2) is 5.61. The van der Waals surface area contributed by atoms with E-state index in [1.165, 1.54) is 0 Å². The lowest BCUT2D eigenvalue weighted by Gasteiger charge is -2.13. The van der Waals surface area contributed by atoms with Gasteiger partial charge in [-0.2, -0.15) is 5.10 Å². The minimum atomic E-state index is 0.204. The Bertz CT molecular complexity index is 873. The van der Waals surface area contributed by atoms with E-state index in [1.807, 2.05) is 47.4 Å². The Labute approximate surface area is 134 Å². The van der Waals surface area contributed by atoms with E-state index in [0.29, 0.717) is 0 Å². The molecule has 0 radical (unpaired) electrons. The first-order valence-corrected chi connectivity index (χ1v) is 7.59. The van der Waals surface area contributed by atoms with E-state index in [2.05, 4.69) is 51.7 Å². The first kappa shape index (κ1) is 13.6. The number of imidazole rings is 1. The molecular formula is C18H17N5. The molecule has 4 rings (SSSR count). The van der Waals surface area contributed by atoms with Gasteiger partial charge in [0.2, 0.25) is 0 Å². The fraction of sp³-hybridized carbons (Fsp3) is 0.111. The Kier molecular flexibility index (Phi) is 3.31. The molecule has 0 spiro atoms. The van der Waals surface area contributed by atoms with Gasteiger partial charge in [-0.25, -0.2) is 4.98 Å². The molecule has 5 nitrogen and oxygen atoms in total. The van der Waals surface area contributed by atoms with Gasteiger partial charge in [-0.3, -0.25) is 5.10 Å². The Morgan fingerprint density at radius 2 is 2.00 bits per heavy atom. The van der Waals surface area contributed by atoms with E-state index in [1.54, 1.807) is 0 Å².